The first-order valence-corrected chi connectivity index (χ1v) is 9.12. The summed E-state index contributed by atoms with van der Waals surface area (Å²) >= 11 is 0. The number of amides is 1. The molecule has 2 rings (SSSR count). The number of benzene rings is 1. The van der Waals surface area contributed by atoms with E-state index >= 15 is 0 Å². The van der Waals surface area contributed by atoms with E-state index in [4.69, 9.17) is 4.74 Å². The van der Waals surface area contributed by atoms with Crippen LogP contribution < -0.4 is 5.32 Å². The van der Waals surface area contributed by atoms with Crippen LogP contribution in [-0.2, 0) is 9.53 Å². The van der Waals surface area contributed by atoms with Gasteiger partial charge in [0.25, 0.3) is 5.91 Å². The summed E-state index contributed by atoms with van der Waals surface area (Å²) in [6.07, 6.45) is 4.30. The van der Waals surface area contributed by atoms with Crippen molar-refractivity contribution in [3.8, 4) is 0 Å². The number of nitrogens with zero attached hydrogens (tertiary/aromatic N) is 2. The molecule has 0 saturated heterocycles. The van der Waals surface area contributed by atoms with E-state index in [9.17, 15) is 9.59 Å². The molecule has 1 amide bonds. The molecule has 1 N–H and O–H groups in total. The SMILES string of the molecule is CCCCC[C@@H](C)NC(=O)COC(=O)c1ccc2nc(C)c(C)nc2c1. The molecule has 0 fully saturated rings. The molecule has 0 aliphatic heterocycles. The lowest BCUT2D eigenvalue weighted by molar-refractivity contribution is -0.124. The zero-order valence-corrected chi connectivity index (χ0v) is 16.0. The summed E-state index contributed by atoms with van der Waals surface area (Å²) in [5.41, 5.74) is 3.40. The lowest BCUT2D eigenvalue weighted by Gasteiger charge is -2.13. The number of ether oxygens (including phenoxy) is 1. The number of carbonyl (C=O) groups excluding carboxylic acids is 2. The third kappa shape index (κ3) is 5.51. The Bertz CT molecular complexity index is 789. The average molecular weight is 357 g/mol. The molecule has 0 saturated carbocycles. The fourth-order valence-electron chi connectivity index (χ4n) is 2.66. The summed E-state index contributed by atoms with van der Waals surface area (Å²) < 4.78 is 5.12. The fraction of sp³-hybridized carbons (Fsp3) is 0.500. The molecule has 0 aliphatic carbocycles. The van der Waals surface area contributed by atoms with Crippen molar-refractivity contribution in [2.75, 3.05) is 6.61 Å². The zero-order chi connectivity index (χ0) is 19.1. The average Bonchev–Trinajstić information content (AvgIpc) is 2.60. The third-order valence-corrected chi connectivity index (χ3v) is 4.29. The van der Waals surface area contributed by atoms with Gasteiger partial charge < -0.3 is 10.1 Å². The van der Waals surface area contributed by atoms with Crippen LogP contribution in [0, 0.1) is 13.8 Å². The molecule has 140 valence electrons. The summed E-state index contributed by atoms with van der Waals surface area (Å²) in [4.78, 5) is 33.0. The van der Waals surface area contributed by atoms with Gasteiger partial charge >= 0.3 is 5.97 Å². The topological polar surface area (TPSA) is 81.2 Å². The van der Waals surface area contributed by atoms with Gasteiger partial charge in [0.1, 0.15) is 0 Å². The van der Waals surface area contributed by atoms with Gasteiger partial charge in [0.2, 0.25) is 0 Å². The predicted molar refractivity (Wildman–Crippen MR) is 101 cm³/mol. The van der Waals surface area contributed by atoms with E-state index in [-0.39, 0.29) is 18.6 Å². The second kappa shape index (κ2) is 9.27. The molecule has 26 heavy (non-hydrogen) atoms. The van der Waals surface area contributed by atoms with Gasteiger partial charge in [0.05, 0.1) is 28.0 Å². The van der Waals surface area contributed by atoms with Gasteiger partial charge in [-0.2, -0.15) is 0 Å². The van der Waals surface area contributed by atoms with Gasteiger partial charge in [0.15, 0.2) is 6.61 Å². The summed E-state index contributed by atoms with van der Waals surface area (Å²) in [6.45, 7) is 7.59. The van der Waals surface area contributed by atoms with E-state index in [2.05, 4.69) is 22.2 Å². The molecule has 1 aromatic heterocycles. The maximum absolute atomic E-state index is 12.2. The van der Waals surface area contributed by atoms with Crippen molar-refractivity contribution >= 4 is 22.9 Å². The van der Waals surface area contributed by atoms with Crippen molar-refractivity contribution in [3.05, 3.63) is 35.2 Å². The van der Waals surface area contributed by atoms with Gasteiger partial charge in [0, 0.05) is 6.04 Å². The number of hydrogen-bond acceptors (Lipinski definition) is 5. The summed E-state index contributed by atoms with van der Waals surface area (Å²) in [5.74, 6) is -0.824. The van der Waals surface area contributed by atoms with E-state index in [1.54, 1.807) is 18.2 Å². The minimum absolute atomic E-state index is 0.0786. The second-order valence-corrected chi connectivity index (χ2v) is 6.64. The number of rotatable bonds is 8. The van der Waals surface area contributed by atoms with Crippen LogP contribution in [-0.4, -0.2) is 34.5 Å². The van der Waals surface area contributed by atoms with Crippen LogP contribution >= 0.6 is 0 Å². The molecule has 1 aromatic carbocycles. The first kappa shape index (κ1) is 19.8. The van der Waals surface area contributed by atoms with Gasteiger partial charge in [-0.05, 0) is 45.4 Å². The van der Waals surface area contributed by atoms with Crippen molar-refractivity contribution < 1.29 is 14.3 Å². The quantitative estimate of drug-likeness (QED) is 0.578. The van der Waals surface area contributed by atoms with Crippen LogP contribution in [0.25, 0.3) is 11.0 Å². The van der Waals surface area contributed by atoms with Gasteiger partial charge in [-0.15, -0.1) is 0 Å². The Hall–Kier alpha value is -2.50. The Kier molecular flexibility index (Phi) is 7.06. The summed E-state index contributed by atoms with van der Waals surface area (Å²) in [6, 6.07) is 5.10. The van der Waals surface area contributed by atoms with Gasteiger partial charge in [-0.25, -0.2) is 14.8 Å². The highest BCUT2D eigenvalue weighted by Gasteiger charge is 2.13. The number of unbranched alkanes of at least 4 members (excludes halogenated alkanes) is 2. The Morgan fingerprint density at radius 1 is 1.12 bits per heavy atom. The highest BCUT2D eigenvalue weighted by atomic mass is 16.5. The molecule has 0 bridgehead atoms. The Morgan fingerprint density at radius 3 is 2.50 bits per heavy atom. The Morgan fingerprint density at radius 2 is 1.81 bits per heavy atom. The van der Waals surface area contributed by atoms with Gasteiger partial charge in [-0.3, -0.25) is 4.79 Å². The van der Waals surface area contributed by atoms with Crippen LogP contribution in [0.1, 0.15) is 61.3 Å². The van der Waals surface area contributed by atoms with Crippen molar-refractivity contribution in [3.63, 3.8) is 0 Å². The fourth-order valence-corrected chi connectivity index (χ4v) is 2.66. The monoisotopic (exact) mass is 357 g/mol. The molecule has 0 aliphatic rings. The van der Waals surface area contributed by atoms with Crippen LogP contribution in [0.3, 0.4) is 0 Å². The highest BCUT2D eigenvalue weighted by Crippen LogP contribution is 2.15. The lowest BCUT2D eigenvalue weighted by Crippen LogP contribution is -2.35. The second-order valence-electron chi connectivity index (χ2n) is 6.64. The summed E-state index contributed by atoms with van der Waals surface area (Å²) in [7, 11) is 0. The number of nitrogens with one attached hydrogen (secondary N) is 1. The maximum Gasteiger partial charge on any atom is 0.338 e. The Labute approximate surface area is 154 Å². The largest absolute Gasteiger partial charge is 0.452 e. The van der Waals surface area contributed by atoms with Gasteiger partial charge in [-0.1, -0.05) is 26.2 Å². The van der Waals surface area contributed by atoms with Crippen molar-refractivity contribution in [2.24, 2.45) is 0 Å². The molecule has 2 aromatic rings. The lowest BCUT2D eigenvalue weighted by atomic mass is 10.1. The molecule has 6 nitrogen and oxygen atoms in total. The molecule has 1 heterocycles. The van der Waals surface area contributed by atoms with E-state index in [1.165, 1.54) is 0 Å². The molecule has 0 radical (unpaired) electrons. The minimum Gasteiger partial charge on any atom is -0.452 e. The smallest absolute Gasteiger partial charge is 0.338 e. The van der Waals surface area contributed by atoms with Crippen LogP contribution in [0.4, 0.5) is 0 Å². The number of aryl methyl sites for hydroxylation is 2. The predicted octanol–water partition coefficient (Wildman–Crippen LogP) is 3.49. The molecule has 0 unspecified atom stereocenters. The molecular formula is C20H27N3O3. The molecule has 0 spiro atoms. The minimum atomic E-state index is -0.541. The maximum atomic E-state index is 12.2. The number of fused-ring (bicyclic) bond motifs is 1. The first-order valence-electron chi connectivity index (χ1n) is 9.12. The highest BCUT2D eigenvalue weighted by molar-refractivity contribution is 5.94. The zero-order valence-electron chi connectivity index (χ0n) is 16.0. The molecule has 6 heteroatoms. The number of carbonyl (C=O) groups is 2. The van der Waals surface area contributed by atoms with E-state index in [1.807, 2.05) is 20.8 Å². The van der Waals surface area contributed by atoms with Crippen molar-refractivity contribution in [1.82, 2.24) is 15.3 Å². The first-order chi connectivity index (χ1) is 12.4. The van der Waals surface area contributed by atoms with Crippen molar-refractivity contribution in [1.29, 1.82) is 0 Å². The Balaban J connectivity index is 1.90. The normalized spacial score (nSPS) is 12.0. The number of esters is 1. The standard InChI is InChI=1S/C20H27N3O3/c1-5-6-7-8-13(2)21-19(24)12-26-20(25)16-9-10-17-18(11-16)23-15(4)14(3)22-17/h9-11,13H,5-8,12H2,1-4H3,(H,21,24)/t13-/m1/s1. The van der Waals surface area contributed by atoms with E-state index < -0.39 is 5.97 Å². The van der Waals surface area contributed by atoms with E-state index in [0.717, 1.165) is 42.6 Å². The summed E-state index contributed by atoms with van der Waals surface area (Å²) in [5, 5.41) is 2.85. The number of hydrogen-bond donors (Lipinski definition) is 1. The van der Waals surface area contributed by atoms with E-state index in [0.29, 0.717) is 11.1 Å². The molecular weight excluding hydrogens is 330 g/mol. The van der Waals surface area contributed by atoms with Crippen LogP contribution in [0.2, 0.25) is 0 Å². The van der Waals surface area contributed by atoms with Crippen LogP contribution in [0.15, 0.2) is 18.2 Å². The molecule has 1 atom stereocenters. The third-order valence-electron chi connectivity index (χ3n) is 4.29. The van der Waals surface area contributed by atoms with Crippen LogP contribution in [0.5, 0.6) is 0 Å². The van der Waals surface area contributed by atoms with Crippen molar-refractivity contribution in [2.45, 2.75) is 59.4 Å². The number of aromatic nitrogens is 2.